The first-order valence-corrected chi connectivity index (χ1v) is 9.74. The Morgan fingerprint density at radius 3 is 2.34 bits per heavy atom. The number of halogens is 1. The first kappa shape index (κ1) is 21.1. The fraction of sp³-hybridized carbons (Fsp3) is 0.409. The summed E-state index contributed by atoms with van der Waals surface area (Å²) in [7, 11) is 3.33. The Morgan fingerprint density at radius 2 is 1.69 bits per heavy atom. The number of hydrogen-bond donors (Lipinski definition) is 1. The number of nitrogens with zero attached hydrogens (tertiary/aromatic N) is 2. The molecule has 0 spiro atoms. The molecule has 2 aromatic rings. The quantitative estimate of drug-likeness (QED) is 0.736. The average molecular weight is 401 g/mol. The van der Waals surface area contributed by atoms with E-state index in [0.717, 1.165) is 55.3 Å². The van der Waals surface area contributed by atoms with E-state index in [1.54, 1.807) is 26.4 Å². The maximum atomic E-state index is 12.9. The Labute approximate surface area is 171 Å². The van der Waals surface area contributed by atoms with Gasteiger partial charge in [0, 0.05) is 44.8 Å². The highest BCUT2D eigenvalue weighted by Gasteiger charge is 2.20. The second-order valence-corrected chi connectivity index (χ2v) is 7.13. The number of benzene rings is 2. The molecule has 1 fully saturated rings. The molecule has 0 saturated carbocycles. The number of rotatable bonds is 8. The van der Waals surface area contributed by atoms with Crippen LogP contribution in [0.4, 0.5) is 4.39 Å². The average Bonchev–Trinajstić information content (AvgIpc) is 2.74. The third kappa shape index (κ3) is 6.17. The molecule has 1 amide bonds. The van der Waals surface area contributed by atoms with Gasteiger partial charge in [-0.25, -0.2) is 4.39 Å². The summed E-state index contributed by atoms with van der Waals surface area (Å²) in [6.07, 6.45) is 0. The number of piperazine rings is 1. The van der Waals surface area contributed by atoms with E-state index >= 15 is 0 Å². The Morgan fingerprint density at radius 1 is 1.00 bits per heavy atom. The largest absolute Gasteiger partial charge is 0.497 e. The zero-order valence-electron chi connectivity index (χ0n) is 17.0. The van der Waals surface area contributed by atoms with Crippen LogP contribution in [-0.2, 0) is 17.9 Å². The molecule has 1 saturated heterocycles. The summed E-state index contributed by atoms with van der Waals surface area (Å²) in [6.45, 7) is 4.99. The molecule has 1 aliphatic rings. The predicted octanol–water partition coefficient (Wildman–Crippen LogP) is 2.28. The number of carbonyl (C=O) groups excluding carboxylic acids is 1. The Kier molecular flexibility index (Phi) is 7.43. The fourth-order valence-corrected chi connectivity index (χ4v) is 3.41. The highest BCUT2D eigenvalue weighted by Crippen LogP contribution is 2.25. The number of methoxy groups -OCH3 is 2. The van der Waals surface area contributed by atoms with Crippen LogP contribution in [0.1, 0.15) is 11.1 Å². The zero-order chi connectivity index (χ0) is 20.6. The van der Waals surface area contributed by atoms with Gasteiger partial charge in [-0.3, -0.25) is 14.6 Å². The van der Waals surface area contributed by atoms with E-state index < -0.39 is 0 Å². The van der Waals surface area contributed by atoms with Gasteiger partial charge >= 0.3 is 0 Å². The Bertz CT molecular complexity index is 805. The predicted molar refractivity (Wildman–Crippen MR) is 110 cm³/mol. The number of ether oxygens (including phenoxy) is 2. The summed E-state index contributed by atoms with van der Waals surface area (Å²) in [5, 5.41) is 2.90. The molecule has 6 nitrogen and oxygen atoms in total. The van der Waals surface area contributed by atoms with E-state index in [1.807, 2.05) is 18.2 Å². The summed E-state index contributed by atoms with van der Waals surface area (Å²) in [5.41, 5.74) is 1.98. The lowest BCUT2D eigenvalue weighted by Crippen LogP contribution is -2.49. The van der Waals surface area contributed by atoms with Crippen molar-refractivity contribution in [2.24, 2.45) is 0 Å². The van der Waals surface area contributed by atoms with Gasteiger partial charge in [0.2, 0.25) is 5.91 Å². The van der Waals surface area contributed by atoms with Crippen molar-refractivity contribution in [3.05, 3.63) is 59.4 Å². The van der Waals surface area contributed by atoms with Crippen molar-refractivity contribution in [2.75, 3.05) is 46.9 Å². The van der Waals surface area contributed by atoms with Gasteiger partial charge in [0.15, 0.2) is 0 Å². The fourth-order valence-electron chi connectivity index (χ4n) is 3.41. The molecule has 2 aromatic carbocycles. The monoisotopic (exact) mass is 401 g/mol. The van der Waals surface area contributed by atoms with E-state index in [9.17, 15) is 9.18 Å². The molecule has 0 bridgehead atoms. The van der Waals surface area contributed by atoms with Crippen molar-refractivity contribution in [2.45, 2.75) is 13.1 Å². The summed E-state index contributed by atoms with van der Waals surface area (Å²) >= 11 is 0. The lowest BCUT2D eigenvalue weighted by molar-refractivity contribution is -0.122. The normalized spacial score (nSPS) is 15.1. The van der Waals surface area contributed by atoms with Crippen LogP contribution >= 0.6 is 0 Å². The summed E-state index contributed by atoms with van der Waals surface area (Å²) in [5.74, 6) is 1.38. The maximum absolute atomic E-state index is 12.9. The number of nitrogens with one attached hydrogen (secondary N) is 1. The smallest absolute Gasteiger partial charge is 0.234 e. The van der Waals surface area contributed by atoms with Crippen molar-refractivity contribution in [3.63, 3.8) is 0 Å². The van der Waals surface area contributed by atoms with Crippen LogP contribution in [0.5, 0.6) is 11.5 Å². The van der Waals surface area contributed by atoms with Gasteiger partial charge in [-0.05, 0) is 35.9 Å². The molecule has 0 aliphatic carbocycles. The topological polar surface area (TPSA) is 54.0 Å². The van der Waals surface area contributed by atoms with Crippen molar-refractivity contribution in [1.82, 2.24) is 15.1 Å². The third-order valence-electron chi connectivity index (χ3n) is 5.12. The molecule has 156 valence electrons. The number of carbonyl (C=O) groups is 1. The molecular weight excluding hydrogens is 373 g/mol. The Hall–Kier alpha value is -2.64. The number of amides is 1. The zero-order valence-corrected chi connectivity index (χ0v) is 17.0. The van der Waals surface area contributed by atoms with Crippen molar-refractivity contribution >= 4 is 5.91 Å². The molecule has 1 aliphatic heterocycles. The van der Waals surface area contributed by atoms with Gasteiger partial charge in [0.1, 0.15) is 17.3 Å². The van der Waals surface area contributed by atoms with Crippen LogP contribution in [0.15, 0.2) is 42.5 Å². The van der Waals surface area contributed by atoms with Gasteiger partial charge < -0.3 is 14.8 Å². The molecule has 0 radical (unpaired) electrons. The molecule has 29 heavy (non-hydrogen) atoms. The maximum Gasteiger partial charge on any atom is 0.234 e. The molecule has 0 aromatic heterocycles. The van der Waals surface area contributed by atoms with Gasteiger partial charge in [-0.1, -0.05) is 12.1 Å². The minimum Gasteiger partial charge on any atom is -0.497 e. The van der Waals surface area contributed by atoms with E-state index in [1.165, 1.54) is 12.1 Å². The van der Waals surface area contributed by atoms with Crippen LogP contribution in [0, 0.1) is 5.82 Å². The third-order valence-corrected chi connectivity index (χ3v) is 5.12. The van der Waals surface area contributed by atoms with Crippen LogP contribution in [0.25, 0.3) is 0 Å². The summed E-state index contributed by atoms with van der Waals surface area (Å²) < 4.78 is 23.7. The van der Waals surface area contributed by atoms with Gasteiger partial charge in [0.05, 0.1) is 20.8 Å². The van der Waals surface area contributed by atoms with E-state index in [-0.39, 0.29) is 11.7 Å². The van der Waals surface area contributed by atoms with Gasteiger partial charge in [0.25, 0.3) is 0 Å². The molecule has 1 heterocycles. The number of hydrogen-bond acceptors (Lipinski definition) is 5. The highest BCUT2D eigenvalue weighted by atomic mass is 19.1. The lowest BCUT2D eigenvalue weighted by Gasteiger charge is -2.34. The molecule has 7 heteroatoms. The molecule has 1 N–H and O–H groups in total. The minimum atomic E-state index is -0.274. The summed E-state index contributed by atoms with van der Waals surface area (Å²) in [6, 6.07) is 12.0. The molecule has 0 atom stereocenters. The van der Waals surface area contributed by atoms with Crippen molar-refractivity contribution in [3.8, 4) is 11.5 Å². The van der Waals surface area contributed by atoms with Crippen molar-refractivity contribution < 1.29 is 18.7 Å². The molecule has 0 unspecified atom stereocenters. The molecular formula is C22H28FN3O3. The van der Waals surface area contributed by atoms with E-state index in [0.29, 0.717) is 13.1 Å². The van der Waals surface area contributed by atoms with E-state index in [4.69, 9.17) is 9.47 Å². The SMILES string of the molecule is COc1ccc(OC)c(CN2CCN(CC(=O)NCc3ccc(F)cc3)CC2)c1. The van der Waals surface area contributed by atoms with Gasteiger partial charge in [-0.2, -0.15) is 0 Å². The van der Waals surface area contributed by atoms with Gasteiger partial charge in [-0.15, -0.1) is 0 Å². The minimum absolute atomic E-state index is 0.0164. The first-order chi connectivity index (χ1) is 14.1. The highest BCUT2D eigenvalue weighted by molar-refractivity contribution is 5.78. The van der Waals surface area contributed by atoms with Crippen LogP contribution in [0.3, 0.4) is 0 Å². The second kappa shape index (κ2) is 10.2. The van der Waals surface area contributed by atoms with Crippen molar-refractivity contribution in [1.29, 1.82) is 0 Å². The van der Waals surface area contributed by atoms with Crippen LogP contribution in [-0.4, -0.2) is 62.7 Å². The first-order valence-electron chi connectivity index (χ1n) is 9.74. The summed E-state index contributed by atoms with van der Waals surface area (Å²) in [4.78, 5) is 16.7. The van der Waals surface area contributed by atoms with Crippen LogP contribution in [0.2, 0.25) is 0 Å². The Balaban J connectivity index is 1.43. The standard InChI is InChI=1S/C22H28FN3O3/c1-28-20-7-8-21(29-2)18(13-20)15-25-9-11-26(12-10-25)16-22(27)24-14-17-3-5-19(23)6-4-17/h3-8,13H,9-12,14-16H2,1-2H3,(H,24,27). The van der Waals surface area contributed by atoms with Crippen LogP contribution < -0.4 is 14.8 Å². The lowest BCUT2D eigenvalue weighted by atomic mass is 10.1. The molecule has 3 rings (SSSR count). The van der Waals surface area contributed by atoms with E-state index in [2.05, 4.69) is 15.1 Å². The second-order valence-electron chi connectivity index (χ2n) is 7.13.